The van der Waals surface area contributed by atoms with Gasteiger partial charge in [-0.1, -0.05) is 6.92 Å². The zero-order valence-electron chi connectivity index (χ0n) is 11.7. The number of ether oxygens (including phenoxy) is 2. The average Bonchev–Trinajstić information content (AvgIpc) is 2.70. The number of aryl methyl sites for hydroxylation is 2. The molecule has 1 aromatic heterocycles. The Kier molecular flexibility index (Phi) is 7.44. The van der Waals surface area contributed by atoms with E-state index in [2.05, 4.69) is 28.0 Å². The van der Waals surface area contributed by atoms with Crippen molar-refractivity contribution >= 4 is 5.95 Å². The first kappa shape index (κ1) is 15.0. The summed E-state index contributed by atoms with van der Waals surface area (Å²) in [7, 11) is 1.70. The molecule has 5 heteroatoms. The van der Waals surface area contributed by atoms with Gasteiger partial charge in [0.25, 0.3) is 0 Å². The van der Waals surface area contributed by atoms with Gasteiger partial charge in [0.05, 0.1) is 12.3 Å². The van der Waals surface area contributed by atoms with Gasteiger partial charge in [0.1, 0.15) is 0 Å². The van der Waals surface area contributed by atoms with E-state index in [0.717, 1.165) is 50.8 Å². The first-order valence-corrected chi connectivity index (χ1v) is 6.62. The third kappa shape index (κ3) is 5.51. The Balaban J connectivity index is 2.33. The van der Waals surface area contributed by atoms with Crippen molar-refractivity contribution in [1.29, 1.82) is 0 Å². The number of hydrogen-bond acceptors (Lipinski definition) is 4. The molecule has 0 spiro atoms. The lowest BCUT2D eigenvalue weighted by Crippen LogP contribution is -2.13. The van der Waals surface area contributed by atoms with Gasteiger partial charge in [-0.2, -0.15) is 0 Å². The minimum atomic E-state index is 0.686. The Morgan fingerprint density at radius 2 is 2.17 bits per heavy atom. The number of hydrogen-bond donors (Lipinski definition) is 1. The smallest absolute Gasteiger partial charge is 0.203 e. The van der Waals surface area contributed by atoms with Crippen molar-refractivity contribution in [2.45, 2.75) is 33.2 Å². The van der Waals surface area contributed by atoms with Crippen LogP contribution in [0.4, 0.5) is 5.95 Å². The second-order valence-corrected chi connectivity index (χ2v) is 4.28. The van der Waals surface area contributed by atoms with Crippen molar-refractivity contribution in [2.75, 3.05) is 38.8 Å². The van der Waals surface area contributed by atoms with Gasteiger partial charge >= 0.3 is 0 Å². The summed E-state index contributed by atoms with van der Waals surface area (Å²) < 4.78 is 12.6. The molecule has 1 rings (SSSR count). The largest absolute Gasteiger partial charge is 0.383 e. The predicted molar refractivity (Wildman–Crippen MR) is 73.1 cm³/mol. The molecule has 0 aromatic carbocycles. The molecule has 104 valence electrons. The summed E-state index contributed by atoms with van der Waals surface area (Å²) in [5, 5.41) is 3.27. The number of nitrogens with zero attached hydrogens (tertiary/aromatic N) is 2. The molecule has 5 nitrogen and oxygen atoms in total. The van der Waals surface area contributed by atoms with E-state index < -0.39 is 0 Å². The molecular formula is C13H25N3O2. The molecule has 0 atom stereocenters. The zero-order valence-corrected chi connectivity index (χ0v) is 11.7. The first-order chi connectivity index (χ1) is 8.77. The molecule has 1 aromatic rings. The van der Waals surface area contributed by atoms with Crippen LogP contribution in [0.5, 0.6) is 0 Å². The van der Waals surface area contributed by atoms with E-state index in [0.29, 0.717) is 6.61 Å². The van der Waals surface area contributed by atoms with Crippen molar-refractivity contribution in [3.8, 4) is 0 Å². The molecular weight excluding hydrogens is 230 g/mol. The lowest BCUT2D eigenvalue weighted by Gasteiger charge is -2.09. The second-order valence-electron chi connectivity index (χ2n) is 4.28. The van der Waals surface area contributed by atoms with Crippen LogP contribution in [0.25, 0.3) is 0 Å². The molecule has 0 radical (unpaired) electrons. The van der Waals surface area contributed by atoms with E-state index >= 15 is 0 Å². The van der Waals surface area contributed by atoms with Gasteiger partial charge in [-0.25, -0.2) is 4.98 Å². The molecule has 18 heavy (non-hydrogen) atoms. The molecule has 0 unspecified atom stereocenters. The molecule has 1 heterocycles. The van der Waals surface area contributed by atoms with Crippen LogP contribution in [-0.2, 0) is 16.0 Å². The van der Waals surface area contributed by atoms with Crippen molar-refractivity contribution in [3.05, 3.63) is 11.9 Å². The molecule has 0 amide bonds. The monoisotopic (exact) mass is 255 g/mol. The first-order valence-electron chi connectivity index (χ1n) is 6.62. The van der Waals surface area contributed by atoms with E-state index in [9.17, 15) is 0 Å². The van der Waals surface area contributed by atoms with E-state index in [4.69, 9.17) is 9.47 Å². The van der Waals surface area contributed by atoms with Crippen LogP contribution >= 0.6 is 0 Å². The van der Waals surface area contributed by atoms with Crippen LogP contribution in [0.1, 0.15) is 25.5 Å². The van der Waals surface area contributed by atoms with E-state index in [-0.39, 0.29) is 0 Å². The van der Waals surface area contributed by atoms with Gasteiger partial charge in [0, 0.05) is 39.6 Å². The highest BCUT2D eigenvalue weighted by molar-refractivity contribution is 5.28. The van der Waals surface area contributed by atoms with E-state index in [1.165, 1.54) is 0 Å². The van der Waals surface area contributed by atoms with Crippen molar-refractivity contribution in [2.24, 2.45) is 0 Å². The van der Waals surface area contributed by atoms with Gasteiger partial charge in [0.15, 0.2) is 0 Å². The summed E-state index contributed by atoms with van der Waals surface area (Å²) in [5.74, 6) is 0.917. The summed E-state index contributed by atoms with van der Waals surface area (Å²) in [6, 6.07) is 0. The fraction of sp³-hybridized carbons (Fsp3) is 0.769. The molecule has 0 aliphatic carbocycles. The number of nitrogens with one attached hydrogen (secondary N) is 1. The van der Waals surface area contributed by atoms with Crippen LogP contribution in [0.15, 0.2) is 6.20 Å². The third-order valence-corrected chi connectivity index (χ3v) is 2.52. The maximum atomic E-state index is 5.48. The molecule has 0 aliphatic rings. The molecule has 1 N–H and O–H groups in total. The number of rotatable bonds is 10. The summed E-state index contributed by atoms with van der Waals surface area (Å²) in [4.78, 5) is 4.45. The Labute approximate surface area is 109 Å². The predicted octanol–water partition coefficient (Wildman–Crippen LogP) is 2.07. The van der Waals surface area contributed by atoms with Gasteiger partial charge < -0.3 is 19.4 Å². The Morgan fingerprint density at radius 1 is 1.33 bits per heavy atom. The summed E-state index contributed by atoms with van der Waals surface area (Å²) in [6.45, 7) is 8.18. The van der Waals surface area contributed by atoms with Crippen molar-refractivity contribution < 1.29 is 9.47 Å². The maximum absolute atomic E-state index is 5.48. The number of imidazole rings is 1. The van der Waals surface area contributed by atoms with E-state index in [1.54, 1.807) is 7.11 Å². The fourth-order valence-electron chi connectivity index (χ4n) is 1.71. The second kappa shape index (κ2) is 8.94. The van der Waals surface area contributed by atoms with Crippen LogP contribution in [0, 0.1) is 6.92 Å². The minimum Gasteiger partial charge on any atom is -0.383 e. The molecule has 0 aliphatic heterocycles. The lowest BCUT2D eigenvalue weighted by molar-refractivity contribution is 0.129. The lowest BCUT2D eigenvalue weighted by atomic mass is 10.4. The highest BCUT2D eigenvalue weighted by Crippen LogP contribution is 2.09. The van der Waals surface area contributed by atoms with Gasteiger partial charge in [-0.15, -0.1) is 0 Å². The SMILES string of the molecule is CCCOCCCn1cc(C)nc1NCCOC. The van der Waals surface area contributed by atoms with Crippen LogP contribution in [0.3, 0.4) is 0 Å². The molecule has 0 saturated heterocycles. The van der Waals surface area contributed by atoms with Crippen LogP contribution in [0.2, 0.25) is 0 Å². The maximum Gasteiger partial charge on any atom is 0.203 e. The summed E-state index contributed by atoms with van der Waals surface area (Å²) in [6.07, 6.45) is 4.15. The third-order valence-electron chi connectivity index (χ3n) is 2.52. The van der Waals surface area contributed by atoms with Crippen molar-refractivity contribution in [1.82, 2.24) is 9.55 Å². The Hall–Kier alpha value is -1.07. The number of aromatic nitrogens is 2. The Morgan fingerprint density at radius 3 is 2.89 bits per heavy atom. The summed E-state index contributed by atoms with van der Waals surface area (Å²) in [5.41, 5.74) is 1.03. The van der Waals surface area contributed by atoms with Crippen LogP contribution in [-0.4, -0.2) is 43.0 Å². The van der Waals surface area contributed by atoms with Gasteiger partial charge in [0.2, 0.25) is 5.95 Å². The van der Waals surface area contributed by atoms with Crippen LogP contribution < -0.4 is 5.32 Å². The zero-order chi connectivity index (χ0) is 13.2. The van der Waals surface area contributed by atoms with E-state index in [1.807, 2.05) is 6.92 Å². The molecule has 0 bridgehead atoms. The van der Waals surface area contributed by atoms with Gasteiger partial charge in [-0.05, 0) is 19.8 Å². The average molecular weight is 255 g/mol. The highest BCUT2D eigenvalue weighted by atomic mass is 16.5. The highest BCUT2D eigenvalue weighted by Gasteiger charge is 2.04. The van der Waals surface area contributed by atoms with Crippen molar-refractivity contribution in [3.63, 3.8) is 0 Å². The molecule has 0 fully saturated rings. The van der Waals surface area contributed by atoms with Gasteiger partial charge in [-0.3, -0.25) is 0 Å². The number of anilines is 1. The normalized spacial score (nSPS) is 10.8. The Bertz CT molecular complexity index is 326. The molecule has 0 saturated carbocycles. The number of methoxy groups -OCH3 is 1. The topological polar surface area (TPSA) is 48.3 Å². The standard InChI is InChI=1S/C13H25N3O2/c1-4-8-18-9-5-7-16-11-12(2)15-13(16)14-6-10-17-3/h11H,4-10H2,1-3H3,(H,14,15). The quantitative estimate of drug-likeness (QED) is 0.650. The fourth-order valence-corrected chi connectivity index (χ4v) is 1.71. The summed E-state index contributed by atoms with van der Waals surface area (Å²) >= 11 is 0. The minimum absolute atomic E-state index is 0.686.